The van der Waals surface area contributed by atoms with E-state index in [0.29, 0.717) is 31.4 Å². The molecule has 1 fully saturated rings. The molecule has 116 valence electrons. The fourth-order valence-corrected chi connectivity index (χ4v) is 3.87. The van der Waals surface area contributed by atoms with Crippen molar-refractivity contribution in [3.05, 3.63) is 23.8 Å². The van der Waals surface area contributed by atoms with Gasteiger partial charge in [0.05, 0.1) is 10.8 Å². The average Bonchev–Trinajstić information content (AvgIpc) is 2.42. The van der Waals surface area contributed by atoms with E-state index in [1.165, 1.54) is 12.1 Å². The molecule has 0 aromatic heterocycles. The zero-order chi connectivity index (χ0) is 15.6. The van der Waals surface area contributed by atoms with Crippen LogP contribution in [0.4, 0.5) is 5.69 Å². The molecule has 0 spiro atoms. The molecule has 7 heteroatoms. The van der Waals surface area contributed by atoms with Crippen molar-refractivity contribution in [1.29, 1.82) is 0 Å². The van der Waals surface area contributed by atoms with Gasteiger partial charge in [0.1, 0.15) is 0 Å². The highest BCUT2D eigenvalue weighted by Crippen LogP contribution is 2.26. The number of hydrogen-bond donors (Lipinski definition) is 3. The molecular formula is C14H20N2O4S. The lowest BCUT2D eigenvalue weighted by Crippen LogP contribution is -2.38. The van der Waals surface area contributed by atoms with E-state index in [4.69, 9.17) is 10.8 Å². The minimum atomic E-state index is -3.61. The van der Waals surface area contributed by atoms with E-state index in [9.17, 15) is 13.2 Å². The topological polar surface area (TPSA) is 109 Å². The van der Waals surface area contributed by atoms with Gasteiger partial charge in [-0.1, -0.05) is 6.07 Å². The summed E-state index contributed by atoms with van der Waals surface area (Å²) in [6.07, 6.45) is 2.08. The highest BCUT2D eigenvalue weighted by molar-refractivity contribution is 7.89. The van der Waals surface area contributed by atoms with E-state index in [-0.39, 0.29) is 16.9 Å². The minimum Gasteiger partial charge on any atom is -0.481 e. The maximum absolute atomic E-state index is 12.3. The Kier molecular flexibility index (Phi) is 4.53. The number of aliphatic carboxylic acids is 1. The monoisotopic (exact) mass is 312 g/mol. The maximum atomic E-state index is 12.3. The van der Waals surface area contributed by atoms with Crippen molar-refractivity contribution in [2.24, 2.45) is 5.92 Å². The number of carbonyl (C=O) groups is 1. The molecule has 1 aromatic carbocycles. The molecule has 0 aliphatic heterocycles. The van der Waals surface area contributed by atoms with Crippen LogP contribution in [0.25, 0.3) is 0 Å². The van der Waals surface area contributed by atoms with Crippen LogP contribution in [0.1, 0.15) is 31.2 Å². The Hall–Kier alpha value is -1.60. The molecule has 0 bridgehead atoms. The van der Waals surface area contributed by atoms with Gasteiger partial charge in [-0.25, -0.2) is 13.1 Å². The summed E-state index contributed by atoms with van der Waals surface area (Å²) >= 11 is 0. The summed E-state index contributed by atoms with van der Waals surface area (Å²) in [6, 6.07) is 4.43. The molecule has 1 aliphatic rings. The molecule has 1 saturated carbocycles. The molecule has 1 aliphatic carbocycles. The van der Waals surface area contributed by atoms with Crippen LogP contribution in [-0.2, 0) is 14.8 Å². The molecule has 4 N–H and O–H groups in total. The number of hydrogen-bond acceptors (Lipinski definition) is 4. The molecular weight excluding hydrogens is 292 g/mol. The molecule has 0 saturated heterocycles. The van der Waals surface area contributed by atoms with Gasteiger partial charge in [0, 0.05) is 11.7 Å². The lowest BCUT2D eigenvalue weighted by molar-refractivity contribution is -0.142. The first-order chi connectivity index (χ1) is 9.79. The van der Waals surface area contributed by atoms with Crippen molar-refractivity contribution in [3.8, 4) is 0 Å². The van der Waals surface area contributed by atoms with Crippen LogP contribution in [0.2, 0.25) is 0 Å². The van der Waals surface area contributed by atoms with Crippen LogP contribution in [0.3, 0.4) is 0 Å². The third-order valence-electron chi connectivity index (χ3n) is 3.96. The summed E-state index contributed by atoms with van der Waals surface area (Å²) < 4.78 is 27.2. The summed E-state index contributed by atoms with van der Waals surface area (Å²) in [7, 11) is -3.61. The maximum Gasteiger partial charge on any atom is 0.306 e. The molecule has 2 rings (SSSR count). The zero-order valence-electron chi connectivity index (χ0n) is 11.9. The highest BCUT2D eigenvalue weighted by Gasteiger charge is 2.28. The number of sulfonamides is 1. The second-order valence-electron chi connectivity index (χ2n) is 5.53. The Balaban J connectivity index is 2.05. The van der Waals surface area contributed by atoms with Gasteiger partial charge in [-0.05, 0) is 50.3 Å². The van der Waals surface area contributed by atoms with Crippen LogP contribution in [0, 0.1) is 12.8 Å². The summed E-state index contributed by atoms with van der Waals surface area (Å²) in [4.78, 5) is 11.0. The van der Waals surface area contributed by atoms with Crippen LogP contribution in [0.5, 0.6) is 0 Å². The SMILES string of the molecule is Cc1ccc(S(=O)(=O)N[C@H]2CC[C@H](C(=O)O)CC2)cc1N. The number of nitrogens with one attached hydrogen (secondary N) is 1. The zero-order valence-corrected chi connectivity index (χ0v) is 12.7. The molecule has 1 aromatic rings. The Labute approximate surface area is 124 Å². The van der Waals surface area contributed by atoms with Gasteiger partial charge in [0.2, 0.25) is 10.0 Å². The lowest BCUT2D eigenvalue weighted by atomic mass is 9.87. The Morgan fingerprint density at radius 3 is 2.43 bits per heavy atom. The van der Waals surface area contributed by atoms with E-state index in [2.05, 4.69) is 4.72 Å². The average molecular weight is 312 g/mol. The minimum absolute atomic E-state index is 0.144. The Bertz CT molecular complexity index is 634. The summed E-state index contributed by atoms with van der Waals surface area (Å²) in [5.74, 6) is -1.16. The summed E-state index contributed by atoms with van der Waals surface area (Å²) in [6.45, 7) is 1.81. The van der Waals surface area contributed by atoms with Gasteiger partial charge in [-0.3, -0.25) is 4.79 Å². The van der Waals surface area contributed by atoms with Gasteiger partial charge in [0.25, 0.3) is 0 Å². The second-order valence-corrected chi connectivity index (χ2v) is 7.24. The van der Waals surface area contributed by atoms with Crippen LogP contribution >= 0.6 is 0 Å². The van der Waals surface area contributed by atoms with Gasteiger partial charge in [-0.15, -0.1) is 0 Å². The number of benzene rings is 1. The first kappa shape index (κ1) is 15.8. The molecule has 0 heterocycles. The van der Waals surface area contributed by atoms with Crippen molar-refractivity contribution >= 4 is 21.7 Å². The molecule has 21 heavy (non-hydrogen) atoms. The van der Waals surface area contributed by atoms with E-state index in [0.717, 1.165) is 5.56 Å². The van der Waals surface area contributed by atoms with Crippen molar-refractivity contribution in [1.82, 2.24) is 4.72 Å². The van der Waals surface area contributed by atoms with Crippen molar-refractivity contribution in [3.63, 3.8) is 0 Å². The first-order valence-electron chi connectivity index (χ1n) is 6.91. The number of nitrogens with two attached hydrogens (primary N) is 1. The Morgan fingerprint density at radius 1 is 1.29 bits per heavy atom. The molecule has 0 radical (unpaired) electrons. The number of rotatable bonds is 4. The number of aryl methyl sites for hydroxylation is 1. The fraction of sp³-hybridized carbons (Fsp3) is 0.500. The van der Waals surface area contributed by atoms with Gasteiger partial charge >= 0.3 is 5.97 Å². The number of anilines is 1. The predicted octanol–water partition coefficient (Wildman–Crippen LogP) is 1.50. The number of nitrogen functional groups attached to an aromatic ring is 1. The lowest BCUT2D eigenvalue weighted by Gasteiger charge is -2.26. The largest absolute Gasteiger partial charge is 0.481 e. The Morgan fingerprint density at radius 2 is 1.90 bits per heavy atom. The molecule has 6 nitrogen and oxygen atoms in total. The van der Waals surface area contributed by atoms with Gasteiger partial charge in [0.15, 0.2) is 0 Å². The van der Waals surface area contributed by atoms with E-state index < -0.39 is 16.0 Å². The smallest absolute Gasteiger partial charge is 0.306 e. The molecule has 0 atom stereocenters. The predicted molar refractivity (Wildman–Crippen MR) is 79.3 cm³/mol. The van der Waals surface area contributed by atoms with Crippen molar-refractivity contribution < 1.29 is 18.3 Å². The van der Waals surface area contributed by atoms with E-state index >= 15 is 0 Å². The van der Waals surface area contributed by atoms with E-state index in [1.54, 1.807) is 6.07 Å². The first-order valence-corrected chi connectivity index (χ1v) is 8.39. The highest BCUT2D eigenvalue weighted by atomic mass is 32.2. The van der Waals surface area contributed by atoms with Crippen molar-refractivity contribution in [2.75, 3.05) is 5.73 Å². The summed E-state index contributed by atoms with van der Waals surface area (Å²) in [5, 5.41) is 8.94. The third kappa shape index (κ3) is 3.74. The van der Waals surface area contributed by atoms with Crippen LogP contribution in [-0.4, -0.2) is 25.5 Å². The fourth-order valence-electron chi connectivity index (χ4n) is 2.53. The normalized spacial score (nSPS) is 22.9. The van der Waals surface area contributed by atoms with Gasteiger partial charge in [-0.2, -0.15) is 0 Å². The number of carboxylic acids is 1. The molecule has 0 unspecified atom stereocenters. The quantitative estimate of drug-likeness (QED) is 0.730. The standard InChI is InChI=1S/C14H20N2O4S/c1-9-2-7-12(8-13(9)15)21(19,20)16-11-5-3-10(4-6-11)14(17)18/h2,7-8,10-11,16H,3-6,15H2,1H3,(H,17,18)/t10-,11-. The number of carboxylic acid groups (broad SMARTS) is 1. The van der Waals surface area contributed by atoms with Crippen LogP contribution in [0.15, 0.2) is 23.1 Å². The second kappa shape index (κ2) is 6.03. The van der Waals surface area contributed by atoms with Gasteiger partial charge < -0.3 is 10.8 Å². The van der Waals surface area contributed by atoms with Crippen molar-refractivity contribution in [2.45, 2.75) is 43.5 Å². The molecule has 0 amide bonds. The summed E-state index contributed by atoms with van der Waals surface area (Å²) in [5.41, 5.74) is 7.01. The third-order valence-corrected chi connectivity index (χ3v) is 5.48. The van der Waals surface area contributed by atoms with Crippen LogP contribution < -0.4 is 10.5 Å². The van der Waals surface area contributed by atoms with E-state index in [1.807, 2.05) is 6.92 Å².